The first kappa shape index (κ1) is 15.3. The van der Waals surface area contributed by atoms with Crippen molar-refractivity contribution in [1.82, 2.24) is 4.98 Å². The van der Waals surface area contributed by atoms with E-state index in [9.17, 15) is 0 Å². The zero-order chi connectivity index (χ0) is 16.0. The molecule has 1 aliphatic rings. The minimum atomic E-state index is -0.373. The normalized spacial score (nSPS) is 19.4. The van der Waals surface area contributed by atoms with Crippen LogP contribution in [0.3, 0.4) is 0 Å². The molecule has 0 N–H and O–H groups in total. The fraction of sp³-hybridized carbons (Fsp3) is 0.389. The summed E-state index contributed by atoms with van der Waals surface area (Å²) in [5.41, 5.74) is 3.54. The molecular formula is C18H22BNO2. The van der Waals surface area contributed by atoms with Gasteiger partial charge in [-0.05, 0) is 51.7 Å². The number of aromatic nitrogens is 1. The Labute approximate surface area is 132 Å². The van der Waals surface area contributed by atoms with E-state index in [1.54, 1.807) is 0 Å². The molecule has 1 aliphatic heterocycles. The largest absolute Gasteiger partial charge is 0.495 e. The predicted molar refractivity (Wildman–Crippen MR) is 90.1 cm³/mol. The van der Waals surface area contributed by atoms with Gasteiger partial charge in [-0.15, -0.1) is 0 Å². The van der Waals surface area contributed by atoms with Crippen LogP contribution in [0.15, 0.2) is 42.6 Å². The van der Waals surface area contributed by atoms with Gasteiger partial charge < -0.3 is 9.31 Å². The molecular weight excluding hydrogens is 273 g/mol. The van der Waals surface area contributed by atoms with Gasteiger partial charge in [0, 0.05) is 11.8 Å². The molecule has 0 atom stereocenters. The van der Waals surface area contributed by atoms with Gasteiger partial charge in [0.1, 0.15) is 0 Å². The van der Waals surface area contributed by atoms with E-state index in [0.717, 1.165) is 22.3 Å². The third-order valence-electron chi connectivity index (χ3n) is 4.73. The minimum Gasteiger partial charge on any atom is -0.399 e. The number of nitrogens with zero attached hydrogens (tertiary/aromatic N) is 1. The van der Waals surface area contributed by atoms with Gasteiger partial charge in [0.05, 0.1) is 16.9 Å². The maximum Gasteiger partial charge on any atom is 0.495 e. The Morgan fingerprint density at radius 1 is 0.909 bits per heavy atom. The number of rotatable bonds is 2. The lowest BCUT2D eigenvalue weighted by atomic mass is 9.75. The number of benzene rings is 1. The first-order valence-electron chi connectivity index (χ1n) is 7.68. The molecule has 0 saturated carbocycles. The Kier molecular flexibility index (Phi) is 3.62. The molecule has 1 fully saturated rings. The van der Waals surface area contributed by atoms with Crippen LogP contribution in [0, 0.1) is 6.92 Å². The van der Waals surface area contributed by atoms with Crippen LogP contribution in [0.2, 0.25) is 0 Å². The van der Waals surface area contributed by atoms with E-state index in [4.69, 9.17) is 9.31 Å². The molecule has 1 saturated heterocycles. The average molecular weight is 295 g/mol. The maximum atomic E-state index is 6.20. The molecule has 2 heterocycles. The molecule has 3 nitrogen and oxygen atoms in total. The van der Waals surface area contributed by atoms with E-state index in [-0.39, 0.29) is 18.3 Å². The second-order valence-corrected chi connectivity index (χ2v) is 6.84. The summed E-state index contributed by atoms with van der Waals surface area (Å²) in [5, 5.41) is 0. The summed E-state index contributed by atoms with van der Waals surface area (Å²) in [7, 11) is -0.373. The van der Waals surface area contributed by atoms with Crippen molar-refractivity contribution in [3.05, 3.63) is 48.2 Å². The van der Waals surface area contributed by atoms with Crippen molar-refractivity contribution in [3.63, 3.8) is 0 Å². The van der Waals surface area contributed by atoms with Crippen LogP contribution in [-0.2, 0) is 9.31 Å². The minimum absolute atomic E-state index is 0.343. The molecule has 0 aliphatic carbocycles. The second-order valence-electron chi connectivity index (χ2n) is 6.84. The van der Waals surface area contributed by atoms with E-state index in [2.05, 4.69) is 57.8 Å². The summed E-state index contributed by atoms with van der Waals surface area (Å²) in [4.78, 5) is 4.54. The van der Waals surface area contributed by atoms with Crippen molar-refractivity contribution >= 4 is 12.6 Å². The van der Waals surface area contributed by atoms with Crippen molar-refractivity contribution < 1.29 is 9.31 Å². The van der Waals surface area contributed by atoms with Crippen molar-refractivity contribution in [1.29, 1.82) is 0 Å². The molecule has 1 aromatic heterocycles. The Morgan fingerprint density at radius 2 is 1.55 bits per heavy atom. The lowest BCUT2D eigenvalue weighted by Gasteiger charge is -2.32. The lowest BCUT2D eigenvalue weighted by Crippen LogP contribution is -2.41. The van der Waals surface area contributed by atoms with Gasteiger partial charge in [-0.25, -0.2) is 0 Å². The fourth-order valence-electron chi connectivity index (χ4n) is 2.66. The van der Waals surface area contributed by atoms with Gasteiger partial charge in [0.25, 0.3) is 0 Å². The molecule has 0 amide bonds. The zero-order valence-corrected chi connectivity index (χ0v) is 13.9. The standard InChI is InChI=1S/C18H22BNO2/c1-13-9-8-12-20-16(13)14-10-6-7-11-15(14)19-21-17(2,3)18(4,5)22-19/h6-12H,1-5H3. The van der Waals surface area contributed by atoms with Crippen LogP contribution in [0.25, 0.3) is 11.3 Å². The molecule has 2 aromatic rings. The van der Waals surface area contributed by atoms with Crippen LogP contribution < -0.4 is 5.46 Å². The van der Waals surface area contributed by atoms with Gasteiger partial charge >= 0.3 is 7.12 Å². The van der Waals surface area contributed by atoms with Crippen LogP contribution in [0.4, 0.5) is 0 Å². The third-order valence-corrected chi connectivity index (χ3v) is 4.73. The Hall–Kier alpha value is -1.65. The smallest absolute Gasteiger partial charge is 0.399 e. The molecule has 4 heteroatoms. The topological polar surface area (TPSA) is 31.4 Å². The van der Waals surface area contributed by atoms with E-state index < -0.39 is 0 Å². The highest BCUT2D eigenvalue weighted by Gasteiger charge is 2.52. The first-order valence-corrected chi connectivity index (χ1v) is 7.68. The molecule has 1 aromatic carbocycles. The SMILES string of the molecule is Cc1cccnc1-c1ccccc1B1OC(C)(C)C(C)(C)O1. The molecule has 3 rings (SSSR count). The van der Waals surface area contributed by atoms with Gasteiger partial charge in [-0.1, -0.05) is 30.3 Å². The summed E-state index contributed by atoms with van der Waals surface area (Å²) in [6.07, 6.45) is 1.82. The second kappa shape index (κ2) is 5.22. The van der Waals surface area contributed by atoms with Crippen LogP contribution in [0.5, 0.6) is 0 Å². The monoisotopic (exact) mass is 295 g/mol. The summed E-state index contributed by atoms with van der Waals surface area (Å²) < 4.78 is 12.4. The van der Waals surface area contributed by atoms with Gasteiger partial charge in [0.15, 0.2) is 0 Å². The highest BCUT2D eigenvalue weighted by molar-refractivity contribution is 6.63. The lowest BCUT2D eigenvalue weighted by molar-refractivity contribution is 0.00578. The average Bonchev–Trinajstić information content (AvgIpc) is 2.68. The Morgan fingerprint density at radius 3 is 2.18 bits per heavy atom. The predicted octanol–water partition coefficient (Wildman–Crippen LogP) is 3.36. The van der Waals surface area contributed by atoms with Crippen molar-refractivity contribution in [2.24, 2.45) is 0 Å². The highest BCUT2D eigenvalue weighted by atomic mass is 16.7. The third kappa shape index (κ3) is 2.47. The zero-order valence-electron chi connectivity index (χ0n) is 13.9. The summed E-state index contributed by atoms with van der Waals surface area (Å²) >= 11 is 0. The highest BCUT2D eigenvalue weighted by Crippen LogP contribution is 2.37. The molecule has 114 valence electrons. The van der Waals surface area contributed by atoms with E-state index in [1.807, 2.05) is 24.4 Å². The van der Waals surface area contributed by atoms with Gasteiger partial charge in [-0.3, -0.25) is 4.98 Å². The summed E-state index contributed by atoms with van der Waals surface area (Å²) in [6, 6.07) is 12.2. The quantitative estimate of drug-likeness (QED) is 0.796. The number of pyridine rings is 1. The molecule has 22 heavy (non-hydrogen) atoms. The van der Waals surface area contributed by atoms with Crippen LogP contribution >= 0.6 is 0 Å². The maximum absolute atomic E-state index is 6.20. The number of aryl methyl sites for hydroxylation is 1. The Balaban J connectivity index is 2.06. The molecule has 0 unspecified atom stereocenters. The summed E-state index contributed by atoms with van der Waals surface area (Å²) in [5.74, 6) is 0. The van der Waals surface area contributed by atoms with Crippen molar-refractivity contribution in [3.8, 4) is 11.3 Å². The molecule has 0 radical (unpaired) electrons. The van der Waals surface area contributed by atoms with E-state index in [0.29, 0.717) is 0 Å². The van der Waals surface area contributed by atoms with Crippen LogP contribution in [-0.4, -0.2) is 23.3 Å². The Bertz CT molecular complexity index is 681. The van der Waals surface area contributed by atoms with Crippen molar-refractivity contribution in [2.75, 3.05) is 0 Å². The first-order chi connectivity index (χ1) is 10.3. The number of hydrogen-bond acceptors (Lipinski definition) is 3. The number of hydrogen-bond donors (Lipinski definition) is 0. The van der Waals surface area contributed by atoms with Gasteiger partial charge in [-0.2, -0.15) is 0 Å². The van der Waals surface area contributed by atoms with Crippen molar-refractivity contribution in [2.45, 2.75) is 45.8 Å². The van der Waals surface area contributed by atoms with Crippen LogP contribution in [0.1, 0.15) is 33.3 Å². The van der Waals surface area contributed by atoms with E-state index >= 15 is 0 Å². The summed E-state index contributed by atoms with van der Waals surface area (Å²) in [6.45, 7) is 10.4. The fourth-order valence-corrected chi connectivity index (χ4v) is 2.66. The van der Waals surface area contributed by atoms with Gasteiger partial charge in [0.2, 0.25) is 0 Å². The molecule has 0 spiro atoms. The molecule has 0 bridgehead atoms. The van der Waals surface area contributed by atoms with E-state index in [1.165, 1.54) is 0 Å².